The van der Waals surface area contributed by atoms with Gasteiger partial charge in [0, 0.05) is 36.4 Å². The molecule has 32 heavy (non-hydrogen) atoms. The fraction of sp³-hybridized carbons (Fsp3) is 0.200. The third-order valence-corrected chi connectivity index (χ3v) is 5.33. The van der Waals surface area contributed by atoms with Crippen molar-refractivity contribution in [3.63, 3.8) is 0 Å². The van der Waals surface area contributed by atoms with Crippen molar-refractivity contribution in [1.29, 1.82) is 0 Å². The summed E-state index contributed by atoms with van der Waals surface area (Å²) in [6, 6.07) is 18.0. The molecule has 2 N–H and O–H groups in total. The number of carbonyl (C=O) groups excluding carboxylic acids is 1. The largest absolute Gasteiger partial charge is 0.484 e. The van der Waals surface area contributed by atoms with E-state index in [0.29, 0.717) is 17.6 Å². The van der Waals surface area contributed by atoms with Gasteiger partial charge in [0.15, 0.2) is 12.4 Å². The minimum absolute atomic E-state index is 0.0204. The van der Waals surface area contributed by atoms with E-state index in [1.54, 1.807) is 12.4 Å². The number of ether oxygens (including phenoxy) is 1. The van der Waals surface area contributed by atoms with E-state index in [-0.39, 0.29) is 12.5 Å². The molecule has 0 radical (unpaired) electrons. The summed E-state index contributed by atoms with van der Waals surface area (Å²) >= 11 is 0. The molecular weight excluding hydrogens is 402 g/mol. The van der Waals surface area contributed by atoms with Crippen molar-refractivity contribution in [1.82, 2.24) is 20.3 Å². The highest BCUT2D eigenvalue weighted by molar-refractivity contribution is 5.94. The molecule has 0 aliphatic heterocycles. The topological polar surface area (TPSA) is 89.0 Å². The zero-order valence-electron chi connectivity index (χ0n) is 17.7. The lowest BCUT2D eigenvalue weighted by molar-refractivity contribution is -0.123. The summed E-state index contributed by atoms with van der Waals surface area (Å²) in [7, 11) is 1.85. The van der Waals surface area contributed by atoms with Gasteiger partial charge in [-0.25, -0.2) is 9.97 Å². The molecule has 7 heteroatoms. The molecule has 1 aliphatic rings. The highest BCUT2D eigenvalue weighted by atomic mass is 16.5. The summed E-state index contributed by atoms with van der Waals surface area (Å²) in [6.45, 7) is 0.0204. The lowest BCUT2D eigenvalue weighted by Crippen LogP contribution is -2.30. The fourth-order valence-electron chi connectivity index (χ4n) is 3.53. The second kappa shape index (κ2) is 8.63. The molecule has 2 heterocycles. The maximum Gasteiger partial charge on any atom is 0.258 e. The molecule has 1 fully saturated rings. The molecule has 1 aliphatic carbocycles. The predicted octanol–water partition coefficient (Wildman–Crippen LogP) is 4.06. The zero-order chi connectivity index (χ0) is 21.9. The van der Waals surface area contributed by atoms with Crippen LogP contribution in [-0.4, -0.2) is 40.6 Å². The molecule has 160 valence electrons. The number of anilines is 1. The Kier molecular flexibility index (Phi) is 5.37. The highest BCUT2D eigenvalue weighted by Crippen LogP contribution is 2.30. The Balaban J connectivity index is 1.42. The first-order valence-electron chi connectivity index (χ1n) is 10.6. The summed E-state index contributed by atoms with van der Waals surface area (Å²) in [6.07, 6.45) is 5.61. The van der Waals surface area contributed by atoms with E-state index in [2.05, 4.69) is 26.7 Å². The second-order valence-electron chi connectivity index (χ2n) is 7.78. The molecule has 1 amide bonds. The van der Waals surface area contributed by atoms with Crippen LogP contribution in [0.4, 0.5) is 5.82 Å². The van der Waals surface area contributed by atoms with Crippen LogP contribution in [0, 0.1) is 0 Å². The number of fused-ring (bicyclic) bond motifs is 1. The quantitative estimate of drug-likeness (QED) is 0.464. The highest BCUT2D eigenvalue weighted by Gasteiger charge is 2.23. The summed E-state index contributed by atoms with van der Waals surface area (Å²) < 4.78 is 5.70. The van der Waals surface area contributed by atoms with Crippen molar-refractivity contribution in [2.24, 2.45) is 0 Å². The number of carbonyl (C=O) groups is 1. The zero-order valence-corrected chi connectivity index (χ0v) is 17.7. The van der Waals surface area contributed by atoms with Crippen LogP contribution in [0.25, 0.3) is 33.4 Å². The normalized spacial score (nSPS) is 13.0. The number of aromatic nitrogens is 3. The summed E-state index contributed by atoms with van der Waals surface area (Å²) in [5.74, 6) is 1.96. The minimum atomic E-state index is -0.0798. The van der Waals surface area contributed by atoms with Crippen molar-refractivity contribution >= 4 is 22.6 Å². The van der Waals surface area contributed by atoms with E-state index in [4.69, 9.17) is 9.72 Å². The molecule has 0 saturated heterocycles. The smallest absolute Gasteiger partial charge is 0.258 e. The molecule has 2 aromatic heterocycles. The number of rotatable bonds is 7. The molecular formula is C25H23N5O2. The summed E-state index contributed by atoms with van der Waals surface area (Å²) in [5.41, 5.74) is 3.71. The van der Waals surface area contributed by atoms with Gasteiger partial charge in [-0.3, -0.25) is 9.78 Å². The van der Waals surface area contributed by atoms with Gasteiger partial charge in [0.25, 0.3) is 5.91 Å². The van der Waals surface area contributed by atoms with Crippen LogP contribution >= 0.6 is 0 Å². The standard InChI is InChI=1S/C25H23N5O2/c1-26-25-21-13-17(7-10-22(21)29-24(30-25)18-5-3-11-27-14-18)16-4-2-6-20(12-16)32-15-23(31)28-19-8-9-19/h2-7,10-14,19H,8-9,15H2,1H3,(H,28,31)(H,26,29,30). The van der Waals surface area contributed by atoms with Crippen LogP contribution in [0.5, 0.6) is 5.75 Å². The minimum Gasteiger partial charge on any atom is -0.484 e. The average molecular weight is 425 g/mol. The van der Waals surface area contributed by atoms with Gasteiger partial charge in [0.05, 0.1) is 5.52 Å². The molecule has 4 aromatic rings. The number of nitrogens with one attached hydrogen (secondary N) is 2. The van der Waals surface area contributed by atoms with E-state index >= 15 is 0 Å². The third-order valence-electron chi connectivity index (χ3n) is 5.33. The van der Waals surface area contributed by atoms with Crippen molar-refractivity contribution in [3.8, 4) is 28.3 Å². The summed E-state index contributed by atoms with van der Waals surface area (Å²) in [5, 5.41) is 7.04. The van der Waals surface area contributed by atoms with Crippen LogP contribution in [0.3, 0.4) is 0 Å². The number of amides is 1. The van der Waals surface area contributed by atoms with Crippen LogP contribution in [0.15, 0.2) is 67.0 Å². The Morgan fingerprint density at radius 3 is 2.66 bits per heavy atom. The number of hydrogen-bond donors (Lipinski definition) is 2. The van der Waals surface area contributed by atoms with Crippen molar-refractivity contribution < 1.29 is 9.53 Å². The molecule has 5 rings (SSSR count). The maximum absolute atomic E-state index is 11.9. The maximum atomic E-state index is 11.9. The Morgan fingerprint density at radius 2 is 1.88 bits per heavy atom. The Hall–Kier alpha value is -4.00. The number of benzene rings is 2. The van der Waals surface area contributed by atoms with Crippen molar-refractivity contribution in [2.75, 3.05) is 19.0 Å². The lowest BCUT2D eigenvalue weighted by Gasteiger charge is -2.11. The molecule has 0 bridgehead atoms. The first-order chi connectivity index (χ1) is 15.7. The molecule has 0 unspecified atom stereocenters. The first-order valence-corrected chi connectivity index (χ1v) is 10.6. The molecule has 0 spiro atoms. The molecule has 0 atom stereocenters. The van der Waals surface area contributed by atoms with Crippen LogP contribution in [0.2, 0.25) is 0 Å². The number of nitrogens with zero attached hydrogens (tertiary/aromatic N) is 3. The van der Waals surface area contributed by atoms with Gasteiger partial charge in [0.2, 0.25) is 0 Å². The number of pyridine rings is 1. The van der Waals surface area contributed by atoms with Crippen LogP contribution < -0.4 is 15.4 Å². The van der Waals surface area contributed by atoms with Gasteiger partial charge in [-0.05, 0) is 60.4 Å². The predicted molar refractivity (Wildman–Crippen MR) is 124 cm³/mol. The van der Waals surface area contributed by atoms with E-state index < -0.39 is 0 Å². The van der Waals surface area contributed by atoms with Gasteiger partial charge in [-0.2, -0.15) is 0 Å². The Bertz CT molecular complexity index is 1270. The summed E-state index contributed by atoms with van der Waals surface area (Å²) in [4.78, 5) is 25.5. The van der Waals surface area contributed by atoms with Crippen LogP contribution in [0.1, 0.15) is 12.8 Å². The average Bonchev–Trinajstić information content (AvgIpc) is 3.66. The number of hydrogen-bond acceptors (Lipinski definition) is 6. The van der Waals surface area contributed by atoms with E-state index in [1.165, 1.54) is 0 Å². The van der Waals surface area contributed by atoms with Crippen LogP contribution in [-0.2, 0) is 4.79 Å². The van der Waals surface area contributed by atoms with Gasteiger partial charge in [-0.1, -0.05) is 18.2 Å². The Labute approximate surface area is 185 Å². The van der Waals surface area contributed by atoms with Gasteiger partial charge in [-0.15, -0.1) is 0 Å². The van der Waals surface area contributed by atoms with E-state index in [1.807, 2.05) is 55.6 Å². The van der Waals surface area contributed by atoms with Crippen molar-refractivity contribution in [2.45, 2.75) is 18.9 Å². The SMILES string of the molecule is CNc1nc(-c2cccnc2)nc2ccc(-c3cccc(OCC(=O)NC4CC4)c3)cc12. The van der Waals surface area contributed by atoms with Gasteiger partial charge < -0.3 is 15.4 Å². The monoisotopic (exact) mass is 425 g/mol. The lowest BCUT2D eigenvalue weighted by atomic mass is 10.0. The first kappa shape index (κ1) is 19.9. The molecule has 2 aromatic carbocycles. The third kappa shape index (κ3) is 4.37. The van der Waals surface area contributed by atoms with Gasteiger partial charge in [0.1, 0.15) is 11.6 Å². The van der Waals surface area contributed by atoms with Crippen molar-refractivity contribution in [3.05, 3.63) is 67.0 Å². The van der Waals surface area contributed by atoms with E-state index in [9.17, 15) is 4.79 Å². The van der Waals surface area contributed by atoms with E-state index in [0.717, 1.165) is 46.3 Å². The van der Waals surface area contributed by atoms with Gasteiger partial charge >= 0.3 is 0 Å². The fourth-order valence-corrected chi connectivity index (χ4v) is 3.53. The molecule has 7 nitrogen and oxygen atoms in total. The Morgan fingerprint density at radius 1 is 1.03 bits per heavy atom. The second-order valence-corrected chi connectivity index (χ2v) is 7.78. The molecule has 1 saturated carbocycles.